The molecule has 3 N–H and O–H groups in total. The summed E-state index contributed by atoms with van der Waals surface area (Å²) >= 11 is 0. The third-order valence-corrected chi connectivity index (χ3v) is 17.9. The van der Waals surface area contributed by atoms with Gasteiger partial charge in [-0.1, -0.05) is 60.6 Å². The molecule has 0 aromatic heterocycles. The van der Waals surface area contributed by atoms with Crippen molar-refractivity contribution in [3.8, 4) is 0 Å². The number of aliphatic hydroxyl groups is 1. The van der Waals surface area contributed by atoms with Crippen LogP contribution < -0.4 is 10.6 Å². The van der Waals surface area contributed by atoms with E-state index in [1.54, 1.807) is 12.2 Å². The van der Waals surface area contributed by atoms with E-state index in [0.29, 0.717) is 24.8 Å². The third-order valence-electron chi connectivity index (χ3n) is 13.4. The minimum Gasteiger partial charge on any atom is -0.411 e. The lowest BCUT2D eigenvalue weighted by atomic mass is 9.85. The molecule has 0 saturated carbocycles. The number of rotatable bonds is 20. The van der Waals surface area contributed by atoms with Crippen LogP contribution in [0.15, 0.2) is 23.8 Å². The van der Waals surface area contributed by atoms with E-state index in [4.69, 9.17) is 18.6 Å². The van der Waals surface area contributed by atoms with Crippen LogP contribution >= 0.6 is 0 Å². The van der Waals surface area contributed by atoms with E-state index in [-0.39, 0.29) is 65.9 Å². The molecule has 3 aliphatic rings. The molecule has 10 nitrogen and oxygen atoms in total. The molecule has 3 aliphatic heterocycles. The maximum absolute atomic E-state index is 13.7. The molecule has 11 heteroatoms. The number of amides is 2. The first-order valence-corrected chi connectivity index (χ1v) is 25.3. The summed E-state index contributed by atoms with van der Waals surface area (Å²) < 4.78 is 26.6. The lowest BCUT2D eigenvalue weighted by Crippen LogP contribution is -2.52. The molecule has 0 aliphatic carbocycles. The highest BCUT2D eigenvalue weighted by molar-refractivity contribution is 6.74. The Labute approximate surface area is 347 Å². The van der Waals surface area contributed by atoms with Crippen LogP contribution in [-0.4, -0.2) is 86.5 Å². The van der Waals surface area contributed by atoms with Gasteiger partial charge in [-0.2, -0.15) is 0 Å². The number of allylic oxidation sites excluding steroid dienone is 3. The summed E-state index contributed by atoms with van der Waals surface area (Å²) in [6.45, 7) is 25.8. The normalized spacial score (nSPS) is 29.8. The number of ketones is 1. The van der Waals surface area contributed by atoms with Gasteiger partial charge in [-0.15, -0.1) is 0 Å². The van der Waals surface area contributed by atoms with E-state index in [2.05, 4.69) is 71.3 Å². The summed E-state index contributed by atoms with van der Waals surface area (Å²) in [6.07, 6.45) is 15.4. The number of hydrogen-bond donors (Lipinski definition) is 3. The summed E-state index contributed by atoms with van der Waals surface area (Å²) in [5.74, 6) is -0.138. The minimum atomic E-state index is -2.28. The average molecular weight is 819 g/mol. The molecule has 2 amide bonds. The SMILES string of the molecule is C/C=C/C(=O)C[C@H]1CC[C@@H](C)[C@H](CC(=O)NC[C@H](O[Si](C)(C)C(C)(C)C)[C@H](C)C(=O)NCCC[C@H]2O[C@@]3(CCC[C@@H](CC[C@H](C)/C=C(\C)[C@H](C)O)O3)CC[C@@H]2C)O1. The third kappa shape index (κ3) is 15.9. The fourth-order valence-electron chi connectivity index (χ4n) is 8.19. The van der Waals surface area contributed by atoms with E-state index in [9.17, 15) is 19.5 Å². The maximum Gasteiger partial charge on any atom is 0.225 e. The van der Waals surface area contributed by atoms with Gasteiger partial charge < -0.3 is 34.4 Å². The average Bonchev–Trinajstić information content (AvgIpc) is 3.13. The van der Waals surface area contributed by atoms with Crippen LogP contribution in [0.1, 0.15) is 153 Å². The van der Waals surface area contributed by atoms with Gasteiger partial charge in [-0.25, -0.2) is 0 Å². The summed E-state index contributed by atoms with van der Waals surface area (Å²) in [5.41, 5.74) is 1.02. The lowest BCUT2D eigenvalue weighted by Gasteiger charge is -2.48. The molecule has 3 rings (SSSR count). The van der Waals surface area contributed by atoms with Crippen LogP contribution in [0.2, 0.25) is 18.1 Å². The first-order chi connectivity index (χ1) is 26.6. The van der Waals surface area contributed by atoms with Gasteiger partial charge in [0.15, 0.2) is 19.9 Å². The van der Waals surface area contributed by atoms with Gasteiger partial charge in [-0.3, -0.25) is 14.4 Å². The fourth-order valence-corrected chi connectivity index (χ4v) is 9.59. The van der Waals surface area contributed by atoms with Crippen LogP contribution in [0.5, 0.6) is 0 Å². The predicted octanol–water partition coefficient (Wildman–Crippen LogP) is 8.96. The summed E-state index contributed by atoms with van der Waals surface area (Å²) in [7, 11) is -2.28. The number of carbonyl (C=O) groups is 3. The predicted molar refractivity (Wildman–Crippen MR) is 231 cm³/mol. The van der Waals surface area contributed by atoms with E-state index >= 15 is 0 Å². The largest absolute Gasteiger partial charge is 0.411 e. The van der Waals surface area contributed by atoms with Crippen molar-refractivity contribution in [1.82, 2.24) is 10.6 Å². The van der Waals surface area contributed by atoms with Crippen molar-refractivity contribution in [2.75, 3.05) is 13.1 Å². The topological polar surface area (TPSA) is 132 Å². The van der Waals surface area contributed by atoms with Crippen LogP contribution in [0.25, 0.3) is 0 Å². The highest BCUT2D eigenvalue weighted by Crippen LogP contribution is 2.43. The second kappa shape index (κ2) is 22.6. The monoisotopic (exact) mass is 819 g/mol. The molecular formula is C46H82N2O8Si. The Hall–Kier alpha value is -1.89. The van der Waals surface area contributed by atoms with Crippen LogP contribution in [0, 0.1) is 23.7 Å². The fraction of sp³-hybridized carbons (Fsp3) is 0.848. The molecule has 0 aromatic carbocycles. The van der Waals surface area contributed by atoms with Gasteiger partial charge >= 0.3 is 0 Å². The number of ether oxygens (including phenoxy) is 3. The highest BCUT2D eigenvalue weighted by atomic mass is 28.4. The van der Waals surface area contributed by atoms with Crippen LogP contribution in [0.3, 0.4) is 0 Å². The van der Waals surface area contributed by atoms with Crippen LogP contribution in [-0.2, 0) is 33.0 Å². The second-order valence-electron chi connectivity index (χ2n) is 19.5. The summed E-state index contributed by atoms with van der Waals surface area (Å²) in [5, 5.41) is 16.1. The highest BCUT2D eigenvalue weighted by Gasteiger charge is 2.45. The Morgan fingerprint density at radius 2 is 1.63 bits per heavy atom. The molecule has 328 valence electrons. The van der Waals surface area contributed by atoms with Crippen molar-refractivity contribution < 1.29 is 38.1 Å². The number of aliphatic hydroxyl groups excluding tert-OH is 1. The number of nitrogens with one attached hydrogen (secondary N) is 2. The van der Waals surface area contributed by atoms with E-state index in [1.807, 2.05) is 27.7 Å². The molecule has 11 atom stereocenters. The van der Waals surface area contributed by atoms with Gasteiger partial charge in [0.2, 0.25) is 11.8 Å². The Morgan fingerprint density at radius 1 is 0.930 bits per heavy atom. The zero-order chi connectivity index (χ0) is 42.6. The number of hydrogen-bond acceptors (Lipinski definition) is 8. The molecule has 57 heavy (non-hydrogen) atoms. The maximum atomic E-state index is 13.7. The van der Waals surface area contributed by atoms with Crippen molar-refractivity contribution in [1.29, 1.82) is 0 Å². The molecule has 0 aromatic rings. The quantitative estimate of drug-likeness (QED) is 0.0481. The van der Waals surface area contributed by atoms with Gasteiger partial charge in [0.25, 0.3) is 0 Å². The molecule has 3 fully saturated rings. The first kappa shape index (κ1) is 49.5. The molecule has 0 radical (unpaired) electrons. The molecular weight excluding hydrogens is 737 g/mol. The summed E-state index contributed by atoms with van der Waals surface area (Å²) in [6, 6.07) is 0. The van der Waals surface area contributed by atoms with Crippen molar-refractivity contribution in [2.45, 2.75) is 213 Å². The molecule has 0 unspecified atom stereocenters. The van der Waals surface area contributed by atoms with E-state index < -0.39 is 32.2 Å². The number of carbonyl (C=O) groups excluding carboxylic acids is 3. The van der Waals surface area contributed by atoms with Crippen molar-refractivity contribution >= 4 is 25.9 Å². The van der Waals surface area contributed by atoms with Gasteiger partial charge in [0, 0.05) is 32.4 Å². The molecule has 3 saturated heterocycles. The van der Waals surface area contributed by atoms with Gasteiger partial charge in [0.1, 0.15) is 0 Å². The molecule has 0 bridgehead atoms. The standard InChI is InChI=1S/C46H82N2O8Si/c1-13-16-37(50)28-39-22-20-32(3)41(53-39)29-43(51)48-30-42(56-57(11,12)45(8,9)10)35(6)44(52)47-26-15-18-40-33(4)23-25-46(55-40)24-14-17-38(54-46)21-19-31(2)27-34(5)36(7)49/h13,16,27,31-33,35-36,38-42,49H,14-15,17-26,28-30H2,1-12H3,(H,47,52)(H,48,51)/b16-13+,34-27+/t31-,32+,33-,35-,36-,38-,39+,40+,41-,42-,46-/m0/s1. The molecule has 1 spiro atoms. The van der Waals surface area contributed by atoms with E-state index in [0.717, 1.165) is 76.2 Å². The Balaban J connectivity index is 1.53. The van der Waals surface area contributed by atoms with Crippen molar-refractivity contribution in [3.63, 3.8) is 0 Å². The smallest absolute Gasteiger partial charge is 0.225 e. The first-order valence-electron chi connectivity index (χ1n) is 22.4. The minimum absolute atomic E-state index is 0.0432. The zero-order valence-electron chi connectivity index (χ0n) is 37.9. The second-order valence-corrected chi connectivity index (χ2v) is 24.3. The van der Waals surface area contributed by atoms with E-state index in [1.165, 1.54) is 0 Å². The lowest BCUT2D eigenvalue weighted by molar-refractivity contribution is -0.324. The Bertz CT molecular complexity index is 1340. The van der Waals surface area contributed by atoms with Crippen molar-refractivity contribution in [3.05, 3.63) is 23.8 Å². The van der Waals surface area contributed by atoms with Crippen LogP contribution in [0.4, 0.5) is 0 Å². The Kier molecular flexibility index (Phi) is 19.6. The Morgan fingerprint density at radius 3 is 2.30 bits per heavy atom. The molecule has 3 heterocycles. The zero-order valence-corrected chi connectivity index (χ0v) is 38.9. The van der Waals surface area contributed by atoms with Gasteiger partial charge in [-0.05, 0) is 126 Å². The van der Waals surface area contributed by atoms with Crippen molar-refractivity contribution in [2.24, 2.45) is 23.7 Å². The van der Waals surface area contributed by atoms with Gasteiger partial charge in [0.05, 0.1) is 49.0 Å². The summed E-state index contributed by atoms with van der Waals surface area (Å²) in [4.78, 5) is 39.2.